The Morgan fingerprint density at radius 3 is 1.69 bits per heavy atom. The molecule has 3 aromatic rings. The van der Waals surface area contributed by atoms with Crippen molar-refractivity contribution in [2.24, 2.45) is 22.2 Å². The monoisotopic (exact) mass is 976 g/mol. The van der Waals surface area contributed by atoms with Gasteiger partial charge >= 0.3 is 0 Å². The standard InChI is InChI=1S/C50H64N12O9/c1-31-43(65)59-38(27-33-16-7-3-8-17-33)48(70)62-25-13-22-40(62)49(71)61-24-12-21-39(61)46(68)57-35(20-11-23-54-50(52)53)47(69)60(29-34-18-9-4-10-19-34)30-42(64)56-36(26-32-14-5-2-6-15-32)45(67)58-37(28-41(51)63)44(66)55-31/h2-10,14-19,31,35-40H,11-13,20-30H2,1H3,(H2,51,63)(H,55,66)(H,56,64)(H,57,68)(H,58,67)(H,59,65)(H4,52,53,54)/t31-,35-,36-,37-,38-,39-,40+/m0/s1. The van der Waals surface area contributed by atoms with Gasteiger partial charge in [0.1, 0.15) is 42.3 Å². The third-order valence-electron chi connectivity index (χ3n) is 12.7. The van der Waals surface area contributed by atoms with Crippen molar-refractivity contribution in [1.29, 1.82) is 0 Å². The van der Waals surface area contributed by atoms with Crippen molar-refractivity contribution < 1.29 is 43.2 Å². The number of benzene rings is 3. The fourth-order valence-electron chi connectivity index (χ4n) is 9.13. The fourth-order valence-corrected chi connectivity index (χ4v) is 9.13. The first-order valence-corrected chi connectivity index (χ1v) is 23.9. The van der Waals surface area contributed by atoms with Crippen LogP contribution in [0.25, 0.3) is 0 Å². The van der Waals surface area contributed by atoms with Crippen LogP contribution in [0.4, 0.5) is 0 Å². The number of carbonyl (C=O) groups excluding carboxylic acids is 9. The number of aliphatic imine (C=N–C) groups is 1. The summed E-state index contributed by atoms with van der Waals surface area (Å²) in [7, 11) is 0. The number of nitrogens with zero attached hydrogens (tertiary/aromatic N) is 4. The molecule has 21 heteroatoms. The number of carbonyl (C=O) groups is 9. The molecule has 0 aliphatic carbocycles. The van der Waals surface area contributed by atoms with E-state index >= 15 is 0 Å². The maximum atomic E-state index is 14.9. The Labute approximate surface area is 412 Å². The second kappa shape index (κ2) is 25.1. The lowest BCUT2D eigenvalue weighted by molar-refractivity contribution is -0.148. The number of nitrogens with one attached hydrogen (secondary N) is 5. The molecule has 0 aromatic heterocycles. The highest BCUT2D eigenvalue weighted by molar-refractivity contribution is 5.99. The molecule has 3 aliphatic heterocycles. The van der Waals surface area contributed by atoms with Crippen molar-refractivity contribution in [3.63, 3.8) is 0 Å². The Hall–Kier alpha value is -7.84. The Morgan fingerprint density at radius 2 is 1.10 bits per heavy atom. The average molecular weight is 977 g/mol. The van der Waals surface area contributed by atoms with Crippen LogP contribution in [-0.4, -0.2) is 142 Å². The van der Waals surface area contributed by atoms with Crippen LogP contribution in [0.5, 0.6) is 0 Å². The van der Waals surface area contributed by atoms with E-state index in [1.54, 1.807) is 91.0 Å². The summed E-state index contributed by atoms with van der Waals surface area (Å²) in [6.45, 7) is 1.16. The van der Waals surface area contributed by atoms with Gasteiger partial charge in [-0.3, -0.25) is 48.1 Å². The summed E-state index contributed by atoms with van der Waals surface area (Å²) in [5.41, 5.74) is 18.7. The minimum atomic E-state index is -1.62. The normalized spacial score (nSPS) is 24.4. The van der Waals surface area contributed by atoms with Crippen molar-refractivity contribution in [2.45, 2.75) is 114 Å². The zero-order chi connectivity index (χ0) is 51.0. The molecule has 9 amide bonds. The SMILES string of the molecule is C[C@@H]1NC(=O)[C@H](CC(N)=O)NC(=O)[C@H](Cc2ccccc2)NC(=O)CN(Cc2ccccc2)C(=O)[C@H](CCCN=C(N)N)NC(=O)[C@@H]2CCCN2C(=O)[C@H]2CCCN2C(=O)[C@H](Cc2ccccc2)NC1=O. The summed E-state index contributed by atoms with van der Waals surface area (Å²) in [5, 5.41) is 13.4. The van der Waals surface area contributed by atoms with E-state index in [2.05, 4.69) is 31.6 Å². The molecule has 0 saturated carbocycles. The molecule has 6 rings (SSSR count). The minimum absolute atomic E-state index is 0.0208. The predicted octanol–water partition coefficient (Wildman–Crippen LogP) is -1.13. The van der Waals surface area contributed by atoms with Crippen LogP contribution in [0.15, 0.2) is 96.0 Å². The molecule has 3 aromatic carbocycles. The molecule has 0 radical (unpaired) electrons. The summed E-state index contributed by atoms with van der Waals surface area (Å²) < 4.78 is 0. The molecule has 0 spiro atoms. The zero-order valence-corrected chi connectivity index (χ0v) is 39.8. The van der Waals surface area contributed by atoms with Crippen LogP contribution in [0.1, 0.15) is 68.6 Å². The lowest BCUT2D eigenvalue weighted by atomic mass is 10.0. The van der Waals surface area contributed by atoms with Gasteiger partial charge in [-0.1, -0.05) is 91.0 Å². The van der Waals surface area contributed by atoms with E-state index in [4.69, 9.17) is 17.2 Å². The fraction of sp³-hybridized carbons (Fsp3) is 0.440. The lowest BCUT2D eigenvalue weighted by Crippen LogP contribution is -2.60. The van der Waals surface area contributed by atoms with E-state index in [-0.39, 0.29) is 70.7 Å². The van der Waals surface area contributed by atoms with Gasteiger partial charge in [0, 0.05) is 39.0 Å². The molecule has 3 fully saturated rings. The topological polar surface area (TPSA) is 314 Å². The summed E-state index contributed by atoms with van der Waals surface area (Å²) in [6, 6.07) is 17.6. The van der Waals surface area contributed by atoms with Crippen LogP contribution in [0.2, 0.25) is 0 Å². The van der Waals surface area contributed by atoms with Crippen molar-refractivity contribution in [3.05, 3.63) is 108 Å². The average Bonchev–Trinajstić information content (AvgIpc) is 4.05. The van der Waals surface area contributed by atoms with E-state index in [0.717, 1.165) is 0 Å². The lowest BCUT2D eigenvalue weighted by Gasteiger charge is -2.34. The highest BCUT2D eigenvalue weighted by Gasteiger charge is 2.45. The number of rotatable bonds is 12. The number of nitrogens with two attached hydrogens (primary N) is 3. The van der Waals surface area contributed by atoms with Gasteiger partial charge in [-0.15, -0.1) is 0 Å². The molecule has 7 atom stereocenters. The number of fused-ring (bicyclic) bond motifs is 2. The Morgan fingerprint density at radius 1 is 0.577 bits per heavy atom. The van der Waals surface area contributed by atoms with Gasteiger partial charge in [-0.2, -0.15) is 0 Å². The highest BCUT2D eigenvalue weighted by atomic mass is 16.2. The molecule has 71 heavy (non-hydrogen) atoms. The maximum absolute atomic E-state index is 14.9. The molecule has 3 heterocycles. The molecular weight excluding hydrogens is 913 g/mol. The van der Waals surface area contributed by atoms with Crippen molar-refractivity contribution in [2.75, 3.05) is 26.2 Å². The Balaban J connectivity index is 1.39. The highest BCUT2D eigenvalue weighted by Crippen LogP contribution is 2.27. The van der Waals surface area contributed by atoms with E-state index in [1.165, 1.54) is 21.6 Å². The number of guanidine groups is 1. The quantitative estimate of drug-likeness (QED) is 0.0610. The van der Waals surface area contributed by atoms with Crippen molar-refractivity contribution in [3.8, 4) is 0 Å². The first-order chi connectivity index (χ1) is 34.1. The van der Waals surface area contributed by atoms with Gasteiger partial charge in [-0.05, 0) is 62.1 Å². The van der Waals surface area contributed by atoms with Gasteiger partial charge in [-0.25, -0.2) is 0 Å². The van der Waals surface area contributed by atoms with Crippen LogP contribution < -0.4 is 43.8 Å². The number of amides is 9. The van der Waals surface area contributed by atoms with E-state index in [9.17, 15) is 43.2 Å². The smallest absolute Gasteiger partial charge is 0.246 e. The van der Waals surface area contributed by atoms with Gasteiger partial charge in [0.25, 0.3) is 0 Å². The first-order valence-electron chi connectivity index (χ1n) is 23.9. The van der Waals surface area contributed by atoms with Gasteiger partial charge in [0.15, 0.2) is 5.96 Å². The molecule has 3 saturated heterocycles. The molecule has 21 nitrogen and oxygen atoms in total. The molecular formula is C50H64N12O9. The van der Waals surface area contributed by atoms with Crippen molar-refractivity contribution in [1.82, 2.24) is 41.3 Å². The summed E-state index contributed by atoms with van der Waals surface area (Å²) in [5.74, 6) is -6.80. The first kappa shape index (κ1) is 52.5. The predicted molar refractivity (Wildman–Crippen MR) is 261 cm³/mol. The maximum Gasteiger partial charge on any atom is 0.246 e. The largest absolute Gasteiger partial charge is 0.370 e. The number of hydrogen-bond acceptors (Lipinski definition) is 10. The van der Waals surface area contributed by atoms with Gasteiger partial charge < -0.3 is 58.5 Å². The third-order valence-corrected chi connectivity index (χ3v) is 12.7. The van der Waals surface area contributed by atoms with Crippen LogP contribution in [0, 0.1) is 0 Å². The number of hydrogen-bond donors (Lipinski definition) is 8. The second-order valence-electron chi connectivity index (χ2n) is 18.1. The van der Waals surface area contributed by atoms with E-state index in [0.29, 0.717) is 29.5 Å². The molecule has 3 aliphatic rings. The second-order valence-corrected chi connectivity index (χ2v) is 18.1. The zero-order valence-electron chi connectivity index (χ0n) is 39.8. The van der Waals surface area contributed by atoms with Crippen LogP contribution in [-0.2, 0) is 62.5 Å². The van der Waals surface area contributed by atoms with Crippen LogP contribution in [0.3, 0.4) is 0 Å². The summed E-state index contributed by atoms with van der Waals surface area (Å²) >= 11 is 0. The minimum Gasteiger partial charge on any atom is -0.370 e. The van der Waals surface area contributed by atoms with E-state index in [1.807, 2.05) is 0 Å². The Bertz CT molecular complexity index is 2420. The van der Waals surface area contributed by atoms with E-state index < -0.39 is 108 Å². The van der Waals surface area contributed by atoms with Gasteiger partial charge in [0.2, 0.25) is 53.2 Å². The Kier molecular flexibility index (Phi) is 18.6. The molecule has 378 valence electrons. The molecule has 0 unspecified atom stereocenters. The van der Waals surface area contributed by atoms with Gasteiger partial charge in [0.05, 0.1) is 13.0 Å². The summed E-state index contributed by atoms with van der Waals surface area (Å²) in [6.07, 6.45) is 0.964. The molecule has 0 bridgehead atoms. The summed E-state index contributed by atoms with van der Waals surface area (Å²) in [4.78, 5) is 135. The van der Waals surface area contributed by atoms with Crippen LogP contribution >= 0.6 is 0 Å². The van der Waals surface area contributed by atoms with Crippen molar-refractivity contribution >= 4 is 59.1 Å². The third kappa shape index (κ3) is 14.8. The number of primary amides is 1. The molecule has 11 N–H and O–H groups in total.